The fourth-order valence-corrected chi connectivity index (χ4v) is 4.36. The number of carbonyl (C=O) groups is 1. The molecule has 8 nitrogen and oxygen atoms in total. The molecular weight excluding hydrogens is 409 g/mol. The molecule has 150 valence electrons. The highest BCUT2D eigenvalue weighted by Crippen LogP contribution is 2.19. The highest BCUT2D eigenvalue weighted by Gasteiger charge is 2.25. The van der Waals surface area contributed by atoms with Gasteiger partial charge in [0.15, 0.2) is 0 Å². The molecule has 1 N–H and O–H groups in total. The van der Waals surface area contributed by atoms with Gasteiger partial charge in [-0.05, 0) is 6.92 Å². The van der Waals surface area contributed by atoms with Crippen LogP contribution in [0.15, 0.2) is 12.4 Å². The number of aryl methyl sites for hydroxylation is 1. The molecule has 0 aliphatic carbocycles. The van der Waals surface area contributed by atoms with E-state index in [1.54, 1.807) is 4.52 Å². The number of halogens is 2. The van der Waals surface area contributed by atoms with Gasteiger partial charge in [-0.15, -0.1) is 24.8 Å². The van der Waals surface area contributed by atoms with Gasteiger partial charge >= 0.3 is 0 Å². The van der Waals surface area contributed by atoms with Gasteiger partial charge in [-0.1, -0.05) is 0 Å². The lowest BCUT2D eigenvalue weighted by Crippen LogP contribution is -2.51. The van der Waals surface area contributed by atoms with Crippen LogP contribution >= 0.6 is 36.6 Å². The first-order chi connectivity index (χ1) is 12.2. The van der Waals surface area contributed by atoms with Gasteiger partial charge < -0.3 is 15.1 Å². The molecule has 0 aromatic carbocycles. The number of carbonyl (C=O) groups excluding carboxylic acids is 1. The quantitative estimate of drug-likeness (QED) is 0.773. The lowest BCUT2D eigenvalue weighted by atomic mass is 10.2. The van der Waals surface area contributed by atoms with Crippen molar-refractivity contribution in [1.29, 1.82) is 0 Å². The molecule has 0 radical (unpaired) electrons. The highest BCUT2D eigenvalue weighted by atomic mass is 35.5. The lowest BCUT2D eigenvalue weighted by molar-refractivity contribution is -0.131. The third-order valence-electron chi connectivity index (χ3n) is 4.74. The summed E-state index contributed by atoms with van der Waals surface area (Å²) in [6, 6.07) is 2.35. The molecule has 2 fully saturated rings. The number of hydrogen-bond donors (Lipinski definition) is 1. The van der Waals surface area contributed by atoms with Crippen LogP contribution in [-0.2, 0) is 4.79 Å². The van der Waals surface area contributed by atoms with E-state index in [4.69, 9.17) is 0 Å². The van der Waals surface area contributed by atoms with Gasteiger partial charge in [-0.25, -0.2) is 4.98 Å². The average molecular weight is 434 g/mol. The predicted molar refractivity (Wildman–Crippen MR) is 113 cm³/mol. The summed E-state index contributed by atoms with van der Waals surface area (Å²) in [6.45, 7) is 6.07. The standard InChI is InChI=1S/C16H23N7OS.2ClH/c1-12-8-14(23-16(20-12)18-11-19-23)21-3-5-22(6-4-21)15(24)9-13-10-25-7-2-17-13;;/h8,11,13,17H,2-7,9-10H2,1H3;2*1H. The molecule has 2 aliphatic heterocycles. The van der Waals surface area contributed by atoms with Crippen molar-refractivity contribution < 1.29 is 4.79 Å². The minimum absolute atomic E-state index is 0. The van der Waals surface area contributed by atoms with Gasteiger partial charge in [0.05, 0.1) is 0 Å². The number of piperazine rings is 1. The number of nitrogens with zero attached hydrogens (tertiary/aromatic N) is 6. The normalized spacial score (nSPS) is 20.1. The van der Waals surface area contributed by atoms with Gasteiger partial charge in [0.1, 0.15) is 12.1 Å². The van der Waals surface area contributed by atoms with Crippen LogP contribution in [0.2, 0.25) is 0 Å². The number of nitrogens with one attached hydrogen (secondary N) is 1. The molecule has 4 rings (SSSR count). The third kappa shape index (κ3) is 4.96. The summed E-state index contributed by atoms with van der Waals surface area (Å²) in [4.78, 5) is 25.4. The second kappa shape index (κ2) is 9.77. The molecule has 11 heteroatoms. The number of amides is 1. The fourth-order valence-electron chi connectivity index (χ4n) is 3.41. The van der Waals surface area contributed by atoms with E-state index in [0.29, 0.717) is 18.2 Å². The minimum atomic E-state index is 0. The zero-order valence-electron chi connectivity index (χ0n) is 15.2. The van der Waals surface area contributed by atoms with E-state index in [1.807, 2.05) is 29.7 Å². The second-order valence-corrected chi connectivity index (χ2v) is 7.68. The largest absolute Gasteiger partial charge is 0.353 e. The Kier molecular flexibility index (Phi) is 7.96. The Balaban J connectivity index is 0.00000131. The lowest BCUT2D eigenvalue weighted by Gasteiger charge is -2.36. The van der Waals surface area contributed by atoms with E-state index in [-0.39, 0.29) is 30.7 Å². The molecule has 1 atom stereocenters. The van der Waals surface area contributed by atoms with Gasteiger partial charge in [-0.3, -0.25) is 4.79 Å². The third-order valence-corrected chi connectivity index (χ3v) is 5.87. The number of rotatable bonds is 3. The maximum absolute atomic E-state index is 12.6. The van der Waals surface area contributed by atoms with Crippen molar-refractivity contribution in [3.63, 3.8) is 0 Å². The van der Waals surface area contributed by atoms with E-state index in [9.17, 15) is 4.79 Å². The van der Waals surface area contributed by atoms with Crippen LogP contribution < -0.4 is 10.2 Å². The van der Waals surface area contributed by atoms with E-state index in [0.717, 1.165) is 55.7 Å². The molecule has 2 aromatic heterocycles. The molecule has 0 saturated carbocycles. The summed E-state index contributed by atoms with van der Waals surface area (Å²) >= 11 is 1.93. The molecular formula is C16H25Cl2N7OS. The van der Waals surface area contributed by atoms with E-state index in [1.165, 1.54) is 6.33 Å². The summed E-state index contributed by atoms with van der Waals surface area (Å²) in [7, 11) is 0. The molecule has 0 bridgehead atoms. The van der Waals surface area contributed by atoms with Crippen molar-refractivity contribution >= 4 is 54.1 Å². The van der Waals surface area contributed by atoms with Gasteiger partial charge in [0.2, 0.25) is 5.91 Å². The number of aromatic nitrogens is 4. The SMILES string of the molecule is Cc1cc(N2CCN(C(=O)CC3CSCCN3)CC2)n2ncnc2n1.Cl.Cl. The molecule has 1 unspecified atom stereocenters. The first-order valence-corrected chi connectivity index (χ1v) is 9.87. The van der Waals surface area contributed by atoms with Crippen molar-refractivity contribution in [2.75, 3.05) is 49.1 Å². The van der Waals surface area contributed by atoms with E-state index in [2.05, 4.69) is 25.3 Å². The van der Waals surface area contributed by atoms with Crippen molar-refractivity contribution in [3.05, 3.63) is 18.1 Å². The minimum Gasteiger partial charge on any atom is -0.353 e. The van der Waals surface area contributed by atoms with Crippen LogP contribution in [0, 0.1) is 6.92 Å². The Morgan fingerprint density at radius 1 is 1.30 bits per heavy atom. The molecule has 1 amide bonds. The Morgan fingerprint density at radius 3 is 2.78 bits per heavy atom. The van der Waals surface area contributed by atoms with Gasteiger partial charge in [-0.2, -0.15) is 26.4 Å². The van der Waals surface area contributed by atoms with Crippen LogP contribution in [0.5, 0.6) is 0 Å². The zero-order valence-corrected chi connectivity index (χ0v) is 17.7. The van der Waals surface area contributed by atoms with Crippen molar-refractivity contribution in [2.45, 2.75) is 19.4 Å². The van der Waals surface area contributed by atoms with Gasteiger partial charge in [0, 0.05) is 68.5 Å². The van der Waals surface area contributed by atoms with E-state index >= 15 is 0 Å². The molecule has 4 heterocycles. The topological polar surface area (TPSA) is 78.7 Å². The van der Waals surface area contributed by atoms with Crippen molar-refractivity contribution in [1.82, 2.24) is 29.8 Å². The predicted octanol–water partition coefficient (Wildman–Crippen LogP) is 1.02. The van der Waals surface area contributed by atoms with E-state index < -0.39 is 0 Å². The van der Waals surface area contributed by atoms with Crippen LogP contribution in [0.4, 0.5) is 5.82 Å². The number of anilines is 1. The number of fused-ring (bicyclic) bond motifs is 1. The fraction of sp³-hybridized carbons (Fsp3) is 0.625. The highest BCUT2D eigenvalue weighted by molar-refractivity contribution is 7.99. The molecule has 2 aromatic rings. The summed E-state index contributed by atoms with van der Waals surface area (Å²) in [5, 5.41) is 7.72. The Bertz CT molecular complexity index is 760. The molecule has 2 aliphatic rings. The average Bonchev–Trinajstić information content (AvgIpc) is 3.10. The Labute approximate surface area is 175 Å². The molecule has 2 saturated heterocycles. The first-order valence-electron chi connectivity index (χ1n) is 8.72. The summed E-state index contributed by atoms with van der Waals surface area (Å²) in [5.41, 5.74) is 0.926. The van der Waals surface area contributed by atoms with Crippen LogP contribution in [-0.4, -0.2) is 80.7 Å². The maximum Gasteiger partial charge on any atom is 0.254 e. The Hall–Kier alpha value is -1.29. The molecule has 27 heavy (non-hydrogen) atoms. The smallest absolute Gasteiger partial charge is 0.254 e. The summed E-state index contributed by atoms with van der Waals surface area (Å²) in [5.74, 6) is 4.06. The van der Waals surface area contributed by atoms with Crippen LogP contribution in [0.3, 0.4) is 0 Å². The monoisotopic (exact) mass is 433 g/mol. The second-order valence-electron chi connectivity index (χ2n) is 6.53. The summed E-state index contributed by atoms with van der Waals surface area (Å²) in [6.07, 6.45) is 2.13. The first kappa shape index (κ1) is 22.0. The zero-order chi connectivity index (χ0) is 17.2. The maximum atomic E-state index is 12.6. The van der Waals surface area contributed by atoms with Gasteiger partial charge in [0.25, 0.3) is 5.78 Å². The number of hydrogen-bond acceptors (Lipinski definition) is 7. The van der Waals surface area contributed by atoms with Crippen LogP contribution in [0.25, 0.3) is 5.78 Å². The van der Waals surface area contributed by atoms with Crippen LogP contribution in [0.1, 0.15) is 12.1 Å². The molecule has 0 spiro atoms. The van der Waals surface area contributed by atoms with Crippen molar-refractivity contribution in [2.24, 2.45) is 0 Å². The summed E-state index contributed by atoms with van der Waals surface area (Å²) < 4.78 is 1.77. The van der Waals surface area contributed by atoms with Crippen molar-refractivity contribution in [3.8, 4) is 0 Å². The number of thioether (sulfide) groups is 1. The Morgan fingerprint density at radius 2 is 2.07 bits per heavy atom.